The van der Waals surface area contributed by atoms with Gasteiger partial charge in [0.05, 0.1) is 22.4 Å². The van der Waals surface area contributed by atoms with E-state index < -0.39 is 16.9 Å². The number of aryl methyl sites for hydroxylation is 1. The number of anilines is 1. The van der Waals surface area contributed by atoms with Crippen molar-refractivity contribution in [3.8, 4) is 5.69 Å². The minimum Gasteiger partial charge on any atom is -0.310 e. The first-order valence-electron chi connectivity index (χ1n) is 8.15. The monoisotopic (exact) mass is 405 g/mol. The van der Waals surface area contributed by atoms with Crippen LogP contribution in [0.5, 0.6) is 0 Å². The van der Waals surface area contributed by atoms with Crippen LogP contribution in [0, 0.1) is 18.6 Å². The lowest BCUT2D eigenvalue weighted by atomic mass is 10.0. The zero-order chi connectivity index (χ0) is 19.1. The predicted octanol–water partition coefficient (Wildman–Crippen LogP) is 4.89. The summed E-state index contributed by atoms with van der Waals surface area (Å²) < 4.78 is 29.2. The Morgan fingerprint density at radius 1 is 1.19 bits per heavy atom. The van der Waals surface area contributed by atoms with Crippen LogP contribution in [0.3, 0.4) is 0 Å². The van der Waals surface area contributed by atoms with E-state index in [4.69, 9.17) is 11.6 Å². The molecule has 0 spiro atoms. The summed E-state index contributed by atoms with van der Waals surface area (Å²) >= 11 is 7.27. The second-order valence-electron chi connectivity index (χ2n) is 6.18. The molecule has 1 atom stereocenters. The summed E-state index contributed by atoms with van der Waals surface area (Å²) in [6.07, 6.45) is 0. The maximum Gasteiger partial charge on any atom is 0.235 e. The van der Waals surface area contributed by atoms with E-state index in [2.05, 4.69) is 10.4 Å². The first-order valence-corrected chi connectivity index (χ1v) is 9.58. The van der Waals surface area contributed by atoms with Gasteiger partial charge in [-0.25, -0.2) is 13.5 Å². The topological polar surface area (TPSA) is 46.9 Å². The number of nitrogens with one attached hydrogen (secondary N) is 1. The largest absolute Gasteiger partial charge is 0.310 e. The quantitative estimate of drug-likeness (QED) is 0.660. The van der Waals surface area contributed by atoms with Gasteiger partial charge in [0.25, 0.3) is 0 Å². The number of amides is 1. The highest BCUT2D eigenvalue weighted by Gasteiger charge is 2.31. The number of thioether (sulfide) groups is 1. The van der Waals surface area contributed by atoms with E-state index >= 15 is 0 Å². The third-order valence-electron chi connectivity index (χ3n) is 4.27. The van der Waals surface area contributed by atoms with Gasteiger partial charge in [-0.1, -0.05) is 11.6 Å². The van der Waals surface area contributed by atoms with Gasteiger partial charge in [0, 0.05) is 16.7 Å². The van der Waals surface area contributed by atoms with Crippen LogP contribution in [-0.2, 0) is 4.79 Å². The molecule has 138 valence electrons. The molecule has 0 radical (unpaired) electrons. The van der Waals surface area contributed by atoms with Gasteiger partial charge in [-0.2, -0.15) is 5.10 Å². The molecular formula is C19H14ClF2N3OS. The molecule has 0 fully saturated rings. The molecule has 4 rings (SSSR count). The van der Waals surface area contributed by atoms with E-state index in [1.807, 2.05) is 6.92 Å². The second kappa shape index (κ2) is 6.98. The Bertz CT molecular complexity index is 1020. The molecule has 2 aromatic carbocycles. The summed E-state index contributed by atoms with van der Waals surface area (Å²) in [6.45, 7) is 1.81. The fraction of sp³-hybridized carbons (Fsp3) is 0.158. The zero-order valence-corrected chi connectivity index (χ0v) is 15.7. The number of hydrogen-bond donors (Lipinski definition) is 1. The van der Waals surface area contributed by atoms with Crippen LogP contribution in [0.1, 0.15) is 22.1 Å². The van der Waals surface area contributed by atoms with Crippen molar-refractivity contribution in [2.45, 2.75) is 12.2 Å². The summed E-state index contributed by atoms with van der Waals surface area (Å²) in [5.74, 6) is -0.843. The summed E-state index contributed by atoms with van der Waals surface area (Å²) in [5, 5.41) is 7.58. The summed E-state index contributed by atoms with van der Waals surface area (Å²) in [5.41, 5.74) is 2.57. The number of hydrogen-bond acceptors (Lipinski definition) is 3. The molecule has 1 aliphatic heterocycles. The summed E-state index contributed by atoms with van der Waals surface area (Å²) in [6, 6.07) is 10.4. The van der Waals surface area contributed by atoms with Gasteiger partial charge in [-0.3, -0.25) is 4.79 Å². The molecule has 4 nitrogen and oxygen atoms in total. The first kappa shape index (κ1) is 18.0. The smallest absolute Gasteiger partial charge is 0.235 e. The van der Waals surface area contributed by atoms with Gasteiger partial charge in [0.1, 0.15) is 17.5 Å². The summed E-state index contributed by atoms with van der Waals surface area (Å²) in [7, 11) is 0. The van der Waals surface area contributed by atoms with E-state index in [1.54, 1.807) is 28.9 Å². The highest BCUT2D eigenvalue weighted by molar-refractivity contribution is 8.00. The Morgan fingerprint density at radius 2 is 1.85 bits per heavy atom. The van der Waals surface area contributed by atoms with Crippen molar-refractivity contribution >= 4 is 35.1 Å². The molecule has 1 aliphatic rings. The van der Waals surface area contributed by atoms with Gasteiger partial charge in [0.15, 0.2) is 0 Å². The molecule has 27 heavy (non-hydrogen) atoms. The van der Waals surface area contributed by atoms with E-state index in [0.29, 0.717) is 22.1 Å². The zero-order valence-electron chi connectivity index (χ0n) is 14.2. The number of halogens is 3. The number of fused-ring (bicyclic) bond motifs is 1. The number of rotatable bonds is 2. The molecule has 3 aromatic rings. The van der Waals surface area contributed by atoms with Crippen molar-refractivity contribution in [2.24, 2.45) is 0 Å². The van der Waals surface area contributed by atoms with E-state index in [1.165, 1.54) is 23.9 Å². The molecule has 1 aromatic heterocycles. The lowest BCUT2D eigenvalue weighted by Gasteiger charge is -2.15. The van der Waals surface area contributed by atoms with Crippen LogP contribution in [0.25, 0.3) is 5.69 Å². The van der Waals surface area contributed by atoms with Crippen LogP contribution in [0.15, 0.2) is 42.5 Å². The average Bonchev–Trinajstić information content (AvgIpc) is 2.81. The van der Waals surface area contributed by atoms with Crippen molar-refractivity contribution in [3.63, 3.8) is 0 Å². The van der Waals surface area contributed by atoms with Crippen LogP contribution in [0.4, 0.5) is 14.6 Å². The lowest BCUT2D eigenvalue weighted by Crippen LogP contribution is -2.15. The van der Waals surface area contributed by atoms with Crippen molar-refractivity contribution < 1.29 is 13.6 Å². The lowest BCUT2D eigenvalue weighted by molar-refractivity contribution is -0.113. The van der Waals surface area contributed by atoms with Crippen molar-refractivity contribution in [3.05, 3.63) is 75.9 Å². The van der Waals surface area contributed by atoms with E-state index in [9.17, 15) is 13.6 Å². The highest BCUT2D eigenvalue weighted by atomic mass is 35.5. The predicted molar refractivity (Wildman–Crippen MR) is 103 cm³/mol. The molecule has 8 heteroatoms. The van der Waals surface area contributed by atoms with Gasteiger partial charge in [-0.15, -0.1) is 11.8 Å². The number of benzene rings is 2. The molecular weight excluding hydrogens is 392 g/mol. The molecule has 0 unspecified atom stereocenters. The maximum absolute atomic E-state index is 13.8. The standard InChI is InChI=1S/C19H14ClF2N3OS/c1-10-17-18(11-6-13(21)8-14(22)7-11)27-9-16(26)23-19(17)25(24-10)15-4-2-12(20)3-5-15/h2-8,18H,9H2,1H3,(H,23,26)/t18-/m0/s1. The maximum atomic E-state index is 13.8. The molecule has 0 aliphatic carbocycles. The Kier molecular flexibility index (Phi) is 4.65. The Balaban J connectivity index is 1.90. The highest BCUT2D eigenvalue weighted by Crippen LogP contribution is 2.44. The van der Waals surface area contributed by atoms with Crippen LogP contribution in [-0.4, -0.2) is 21.4 Å². The molecule has 0 saturated carbocycles. The third-order valence-corrected chi connectivity index (χ3v) is 5.79. The molecule has 0 bridgehead atoms. The number of carbonyl (C=O) groups excluding carboxylic acids is 1. The van der Waals surface area contributed by atoms with Crippen LogP contribution < -0.4 is 5.32 Å². The van der Waals surface area contributed by atoms with Crippen molar-refractivity contribution in [1.29, 1.82) is 0 Å². The van der Waals surface area contributed by atoms with Gasteiger partial charge in [-0.05, 0) is 48.9 Å². The Labute approximate surface area is 163 Å². The third kappa shape index (κ3) is 3.44. The van der Waals surface area contributed by atoms with E-state index in [-0.39, 0.29) is 11.7 Å². The number of nitrogens with zero attached hydrogens (tertiary/aromatic N) is 2. The molecule has 0 saturated heterocycles. The Morgan fingerprint density at radius 3 is 2.52 bits per heavy atom. The minimum absolute atomic E-state index is 0.164. The average molecular weight is 406 g/mol. The molecule has 2 heterocycles. The number of carbonyl (C=O) groups is 1. The minimum atomic E-state index is -0.654. The van der Waals surface area contributed by atoms with Gasteiger partial charge < -0.3 is 5.32 Å². The molecule has 1 amide bonds. The fourth-order valence-corrected chi connectivity index (χ4v) is 4.44. The molecule has 1 N–H and O–H groups in total. The normalized spacial score (nSPS) is 16.6. The number of aromatic nitrogens is 2. The fourth-order valence-electron chi connectivity index (χ4n) is 3.14. The van der Waals surface area contributed by atoms with Gasteiger partial charge >= 0.3 is 0 Å². The van der Waals surface area contributed by atoms with Gasteiger partial charge in [0.2, 0.25) is 5.91 Å². The Hall–Kier alpha value is -2.38. The SMILES string of the molecule is Cc1nn(-c2ccc(Cl)cc2)c2c1[C@H](c1cc(F)cc(F)c1)SCC(=O)N2. The summed E-state index contributed by atoms with van der Waals surface area (Å²) in [4.78, 5) is 12.3. The van der Waals surface area contributed by atoms with E-state index in [0.717, 1.165) is 17.3 Å². The van der Waals surface area contributed by atoms with Crippen molar-refractivity contribution in [2.75, 3.05) is 11.1 Å². The first-order chi connectivity index (χ1) is 12.9. The van der Waals surface area contributed by atoms with Crippen LogP contribution >= 0.6 is 23.4 Å². The van der Waals surface area contributed by atoms with Crippen LogP contribution in [0.2, 0.25) is 5.02 Å². The van der Waals surface area contributed by atoms with Crippen molar-refractivity contribution in [1.82, 2.24) is 9.78 Å². The second-order valence-corrected chi connectivity index (χ2v) is 7.71.